The molecule has 2 amide bonds. The van der Waals surface area contributed by atoms with Gasteiger partial charge in [-0.2, -0.15) is 5.10 Å². The van der Waals surface area contributed by atoms with E-state index in [0.717, 1.165) is 11.1 Å². The summed E-state index contributed by atoms with van der Waals surface area (Å²) in [5.41, 5.74) is 1.55. The lowest BCUT2D eigenvalue weighted by Gasteiger charge is -2.30. The van der Waals surface area contributed by atoms with Gasteiger partial charge in [0.2, 0.25) is 15.9 Å². The highest BCUT2D eigenvalue weighted by atomic mass is 32.2. The summed E-state index contributed by atoms with van der Waals surface area (Å²) in [5.74, 6) is -0.822. The van der Waals surface area contributed by atoms with E-state index in [4.69, 9.17) is 0 Å². The molecule has 1 heterocycles. The molecule has 0 aliphatic heterocycles. The first kappa shape index (κ1) is 25.8. The molecule has 4 rings (SSSR count). The number of nitrogens with one attached hydrogen (secondary N) is 3. The molecule has 1 atom stereocenters. The van der Waals surface area contributed by atoms with E-state index in [2.05, 4.69) is 20.5 Å². The average Bonchev–Trinajstić information content (AvgIpc) is 3.64. The summed E-state index contributed by atoms with van der Waals surface area (Å²) in [6.45, 7) is 6.32. The Hall–Kier alpha value is -3.24. The van der Waals surface area contributed by atoms with Gasteiger partial charge in [-0.05, 0) is 29.9 Å². The van der Waals surface area contributed by atoms with Crippen LogP contribution in [0.1, 0.15) is 49.7 Å². The highest BCUT2D eigenvalue weighted by molar-refractivity contribution is 7.90. The third-order valence-corrected chi connectivity index (χ3v) is 8.10. The zero-order chi connectivity index (χ0) is 25.9. The smallest absolute Gasteiger partial charge is 0.273 e. The van der Waals surface area contributed by atoms with Gasteiger partial charge < -0.3 is 10.6 Å². The Morgan fingerprint density at radius 1 is 1.03 bits per heavy atom. The molecule has 192 valence electrons. The fraction of sp³-hybridized carbons (Fsp3) is 0.423. The quantitative estimate of drug-likeness (QED) is 0.361. The summed E-state index contributed by atoms with van der Waals surface area (Å²) < 4.78 is 28.2. The van der Waals surface area contributed by atoms with E-state index in [1.54, 1.807) is 4.68 Å². The Balaban J connectivity index is 1.47. The minimum absolute atomic E-state index is 0.101. The van der Waals surface area contributed by atoms with Crippen LogP contribution >= 0.6 is 0 Å². The summed E-state index contributed by atoms with van der Waals surface area (Å²) in [7, 11) is -3.31. The summed E-state index contributed by atoms with van der Waals surface area (Å²) in [6.07, 6.45) is 1.35. The van der Waals surface area contributed by atoms with Crippen LogP contribution in [0.5, 0.6) is 0 Å². The lowest BCUT2D eigenvalue weighted by Crippen LogP contribution is -2.54. The molecule has 1 aliphatic carbocycles. The predicted molar refractivity (Wildman–Crippen MR) is 139 cm³/mol. The van der Waals surface area contributed by atoms with Crippen molar-refractivity contribution in [1.82, 2.24) is 25.1 Å². The van der Waals surface area contributed by atoms with E-state index in [1.165, 1.54) is 0 Å². The number of carbonyl (C=O) groups is 2. The zero-order valence-electron chi connectivity index (χ0n) is 20.8. The number of nitrogens with zero attached hydrogens (tertiary/aromatic N) is 2. The maximum absolute atomic E-state index is 13.4. The van der Waals surface area contributed by atoms with E-state index < -0.39 is 27.4 Å². The van der Waals surface area contributed by atoms with Crippen molar-refractivity contribution in [2.45, 2.75) is 51.4 Å². The zero-order valence-corrected chi connectivity index (χ0v) is 21.6. The number of carbonyl (C=O) groups excluding carboxylic acids is 2. The second-order valence-corrected chi connectivity index (χ2v) is 12.3. The van der Waals surface area contributed by atoms with Crippen molar-refractivity contribution in [2.24, 2.45) is 5.41 Å². The van der Waals surface area contributed by atoms with Crippen LogP contribution in [0.3, 0.4) is 0 Å². The van der Waals surface area contributed by atoms with Gasteiger partial charge in [-0.3, -0.25) is 14.3 Å². The third-order valence-electron chi connectivity index (χ3n) is 6.14. The molecule has 0 unspecified atom stereocenters. The minimum atomic E-state index is -3.31. The number of hydrogen-bond donors (Lipinski definition) is 3. The molecule has 10 heteroatoms. The van der Waals surface area contributed by atoms with Crippen LogP contribution < -0.4 is 15.4 Å². The van der Waals surface area contributed by atoms with Gasteiger partial charge >= 0.3 is 0 Å². The van der Waals surface area contributed by atoms with Crippen molar-refractivity contribution in [3.05, 3.63) is 65.9 Å². The van der Waals surface area contributed by atoms with Crippen LogP contribution in [0.25, 0.3) is 10.9 Å². The number of amides is 2. The maximum Gasteiger partial charge on any atom is 0.273 e. The summed E-state index contributed by atoms with van der Waals surface area (Å²) in [5, 5.41) is 10.6. The number of para-hydroxylation sites is 1. The monoisotopic (exact) mass is 511 g/mol. The maximum atomic E-state index is 13.4. The van der Waals surface area contributed by atoms with Gasteiger partial charge in [-0.1, -0.05) is 69.3 Å². The van der Waals surface area contributed by atoms with E-state index in [1.807, 2.05) is 75.4 Å². The largest absolute Gasteiger partial charge is 0.353 e. The Morgan fingerprint density at radius 2 is 1.69 bits per heavy atom. The number of fused-ring (bicyclic) bond motifs is 1. The lowest BCUT2D eigenvalue weighted by molar-refractivity contribution is -0.125. The normalized spacial score (nSPS) is 15.0. The predicted octanol–water partition coefficient (Wildman–Crippen LogP) is 2.43. The standard InChI is InChI=1S/C26H33N5O4S/c1-26(2,3)23(25(33)27-15-16-28-36(34,35)19-13-14-19)29-24(32)22-20-11-7-8-12-21(20)31(30-22)17-18-9-5-4-6-10-18/h4-12,19,23,28H,13-17H2,1-3H3,(H,27,33)(H,29,32)/t23-/m1/s1. The highest BCUT2D eigenvalue weighted by Gasteiger charge is 2.36. The first-order chi connectivity index (χ1) is 17.1. The van der Waals surface area contributed by atoms with Crippen molar-refractivity contribution in [3.8, 4) is 0 Å². The Labute approximate surface area is 211 Å². The van der Waals surface area contributed by atoms with E-state index in [9.17, 15) is 18.0 Å². The average molecular weight is 512 g/mol. The molecule has 0 bridgehead atoms. The minimum Gasteiger partial charge on any atom is -0.353 e. The lowest BCUT2D eigenvalue weighted by atomic mass is 9.86. The van der Waals surface area contributed by atoms with Gasteiger partial charge in [0.15, 0.2) is 5.69 Å². The van der Waals surface area contributed by atoms with Crippen LogP contribution in [-0.2, 0) is 21.4 Å². The van der Waals surface area contributed by atoms with Crippen LogP contribution in [-0.4, -0.2) is 54.4 Å². The van der Waals surface area contributed by atoms with Crippen LogP contribution in [0.15, 0.2) is 54.6 Å². The molecule has 2 aromatic carbocycles. The van der Waals surface area contributed by atoms with Gasteiger partial charge in [-0.15, -0.1) is 0 Å². The number of benzene rings is 2. The van der Waals surface area contributed by atoms with Gasteiger partial charge in [-0.25, -0.2) is 13.1 Å². The fourth-order valence-corrected chi connectivity index (χ4v) is 5.40. The summed E-state index contributed by atoms with van der Waals surface area (Å²) >= 11 is 0. The molecule has 36 heavy (non-hydrogen) atoms. The molecule has 9 nitrogen and oxygen atoms in total. The van der Waals surface area contributed by atoms with E-state index in [0.29, 0.717) is 24.8 Å². The molecule has 1 aliphatic rings. The van der Waals surface area contributed by atoms with Crippen LogP contribution in [0, 0.1) is 5.41 Å². The van der Waals surface area contributed by atoms with Gasteiger partial charge in [0.25, 0.3) is 5.91 Å². The first-order valence-electron chi connectivity index (χ1n) is 12.1. The van der Waals surface area contributed by atoms with Crippen molar-refractivity contribution >= 4 is 32.7 Å². The van der Waals surface area contributed by atoms with Crippen LogP contribution in [0.2, 0.25) is 0 Å². The SMILES string of the molecule is CC(C)(C)[C@H](NC(=O)c1nn(Cc2ccccc2)c2ccccc12)C(=O)NCCNS(=O)(=O)C1CC1. The molecule has 0 spiro atoms. The Morgan fingerprint density at radius 3 is 2.36 bits per heavy atom. The van der Waals surface area contributed by atoms with Crippen molar-refractivity contribution in [2.75, 3.05) is 13.1 Å². The van der Waals surface area contributed by atoms with Crippen LogP contribution in [0.4, 0.5) is 0 Å². The molecule has 3 aromatic rings. The summed E-state index contributed by atoms with van der Waals surface area (Å²) in [4.78, 5) is 26.4. The second kappa shape index (κ2) is 10.4. The number of aromatic nitrogens is 2. The van der Waals surface area contributed by atoms with Crippen molar-refractivity contribution in [3.63, 3.8) is 0 Å². The fourth-order valence-electron chi connectivity index (χ4n) is 4.02. The number of sulfonamides is 1. The molecule has 1 saturated carbocycles. The topological polar surface area (TPSA) is 122 Å². The molecule has 0 saturated heterocycles. The van der Waals surface area contributed by atoms with E-state index in [-0.39, 0.29) is 29.9 Å². The third kappa shape index (κ3) is 6.11. The highest BCUT2D eigenvalue weighted by Crippen LogP contribution is 2.27. The summed E-state index contributed by atoms with van der Waals surface area (Å²) in [6, 6.07) is 16.5. The molecule has 3 N–H and O–H groups in total. The van der Waals surface area contributed by atoms with Gasteiger partial charge in [0.05, 0.1) is 17.3 Å². The van der Waals surface area contributed by atoms with Crippen molar-refractivity contribution in [1.29, 1.82) is 0 Å². The number of rotatable bonds is 10. The number of hydrogen-bond acceptors (Lipinski definition) is 5. The van der Waals surface area contributed by atoms with Gasteiger partial charge in [0.1, 0.15) is 6.04 Å². The Bertz CT molecular complexity index is 1340. The molecule has 1 aromatic heterocycles. The molecule has 0 radical (unpaired) electrons. The second-order valence-electron chi connectivity index (χ2n) is 10.2. The van der Waals surface area contributed by atoms with Crippen molar-refractivity contribution < 1.29 is 18.0 Å². The first-order valence-corrected chi connectivity index (χ1v) is 13.7. The molecule has 1 fully saturated rings. The van der Waals surface area contributed by atoms with Gasteiger partial charge in [0, 0.05) is 18.5 Å². The molecular formula is C26H33N5O4S. The molecular weight excluding hydrogens is 478 g/mol. The Kier molecular flexibility index (Phi) is 7.46. The van der Waals surface area contributed by atoms with E-state index >= 15 is 0 Å².